The summed E-state index contributed by atoms with van der Waals surface area (Å²) in [6.07, 6.45) is 0.664. The van der Waals surface area contributed by atoms with E-state index in [1.807, 2.05) is 0 Å². The molecule has 0 bridgehead atoms. The molecule has 2 rings (SSSR count). The van der Waals surface area contributed by atoms with Gasteiger partial charge in [-0.15, -0.1) is 0 Å². The lowest BCUT2D eigenvalue weighted by molar-refractivity contribution is 0.112. The second-order valence-corrected chi connectivity index (χ2v) is 4.67. The van der Waals surface area contributed by atoms with Gasteiger partial charge in [0, 0.05) is 5.56 Å². The zero-order chi connectivity index (χ0) is 14.0. The molecule has 0 heterocycles. The summed E-state index contributed by atoms with van der Waals surface area (Å²) in [5.74, 6) is 0.195. The maximum atomic E-state index is 11.1. The first kappa shape index (κ1) is 13.7. The van der Waals surface area contributed by atoms with Crippen LogP contribution in [0, 0.1) is 0 Å². The molecule has 0 aliphatic rings. The first-order valence-electron chi connectivity index (χ1n) is 5.38. The van der Waals surface area contributed by atoms with Crippen LogP contribution in [0.1, 0.15) is 10.4 Å². The zero-order valence-corrected chi connectivity index (χ0v) is 11.5. The summed E-state index contributed by atoms with van der Waals surface area (Å²) in [4.78, 5) is 11.1. The quantitative estimate of drug-likeness (QED) is 0.864. The lowest BCUT2D eigenvalue weighted by Crippen LogP contribution is -1.91. The minimum Gasteiger partial charge on any atom is -0.504 e. The van der Waals surface area contributed by atoms with Crippen molar-refractivity contribution in [1.82, 2.24) is 0 Å². The number of rotatable bonds is 3. The number of benzene rings is 2. The standard InChI is InChI=1S/C14H10Cl2O3/c1-19-14-6-10(9(7-17)5-13(14)18)8-2-3-11(15)12(16)4-8/h2-7,18H,1H3. The van der Waals surface area contributed by atoms with Crippen LogP contribution >= 0.6 is 23.2 Å². The van der Waals surface area contributed by atoms with Crippen molar-refractivity contribution in [2.24, 2.45) is 0 Å². The van der Waals surface area contributed by atoms with Crippen molar-refractivity contribution in [3.8, 4) is 22.6 Å². The van der Waals surface area contributed by atoms with Gasteiger partial charge in [-0.3, -0.25) is 4.79 Å². The third kappa shape index (κ3) is 2.67. The van der Waals surface area contributed by atoms with E-state index in [1.165, 1.54) is 13.2 Å². The normalized spacial score (nSPS) is 10.3. The molecule has 0 spiro atoms. The molecule has 0 radical (unpaired) electrons. The molecule has 0 atom stereocenters. The van der Waals surface area contributed by atoms with E-state index in [9.17, 15) is 9.90 Å². The van der Waals surface area contributed by atoms with E-state index in [0.29, 0.717) is 27.5 Å². The molecule has 2 aromatic carbocycles. The van der Waals surface area contributed by atoms with E-state index in [1.54, 1.807) is 24.3 Å². The van der Waals surface area contributed by atoms with Crippen LogP contribution in [0.4, 0.5) is 0 Å². The Labute approximate surface area is 120 Å². The van der Waals surface area contributed by atoms with Gasteiger partial charge < -0.3 is 9.84 Å². The van der Waals surface area contributed by atoms with Crippen molar-refractivity contribution in [1.29, 1.82) is 0 Å². The highest BCUT2D eigenvalue weighted by Crippen LogP contribution is 2.36. The summed E-state index contributed by atoms with van der Waals surface area (Å²) >= 11 is 11.8. The summed E-state index contributed by atoms with van der Waals surface area (Å²) in [5, 5.41) is 10.5. The number of phenolic OH excluding ortho intramolecular Hbond substituents is 1. The number of halogens is 2. The number of hydrogen-bond donors (Lipinski definition) is 1. The van der Waals surface area contributed by atoms with E-state index in [0.717, 1.165) is 5.56 Å². The fourth-order valence-electron chi connectivity index (χ4n) is 1.76. The molecule has 0 fully saturated rings. The predicted octanol–water partition coefficient (Wildman–Crippen LogP) is 4.19. The topological polar surface area (TPSA) is 46.5 Å². The molecule has 0 saturated heterocycles. The summed E-state index contributed by atoms with van der Waals surface area (Å²) < 4.78 is 5.04. The third-order valence-electron chi connectivity index (χ3n) is 2.71. The van der Waals surface area contributed by atoms with Crippen molar-refractivity contribution in [2.45, 2.75) is 0 Å². The summed E-state index contributed by atoms with van der Waals surface area (Å²) in [6.45, 7) is 0. The predicted molar refractivity (Wildman–Crippen MR) is 75.5 cm³/mol. The minimum absolute atomic E-state index is 0.0894. The molecule has 5 heteroatoms. The number of methoxy groups -OCH3 is 1. The zero-order valence-electron chi connectivity index (χ0n) is 9.98. The molecule has 98 valence electrons. The van der Waals surface area contributed by atoms with Gasteiger partial charge in [0.05, 0.1) is 17.2 Å². The average molecular weight is 297 g/mol. The van der Waals surface area contributed by atoms with Crippen LogP contribution in [0.15, 0.2) is 30.3 Å². The fourth-order valence-corrected chi connectivity index (χ4v) is 2.06. The molecule has 0 saturated carbocycles. The highest BCUT2D eigenvalue weighted by molar-refractivity contribution is 6.42. The Morgan fingerprint density at radius 2 is 1.89 bits per heavy atom. The van der Waals surface area contributed by atoms with Crippen molar-refractivity contribution in [3.05, 3.63) is 45.9 Å². The molecule has 19 heavy (non-hydrogen) atoms. The molecule has 2 aromatic rings. The summed E-state index contributed by atoms with van der Waals surface area (Å²) in [7, 11) is 1.44. The smallest absolute Gasteiger partial charge is 0.161 e. The largest absolute Gasteiger partial charge is 0.504 e. The van der Waals surface area contributed by atoms with Crippen molar-refractivity contribution >= 4 is 29.5 Å². The molecule has 0 aromatic heterocycles. The number of aromatic hydroxyl groups is 1. The second kappa shape index (κ2) is 5.51. The van der Waals surface area contributed by atoms with Crippen LogP contribution in [0.2, 0.25) is 10.0 Å². The van der Waals surface area contributed by atoms with Crippen LogP contribution in [-0.2, 0) is 0 Å². The Balaban J connectivity index is 2.65. The Hall–Kier alpha value is -1.71. The maximum Gasteiger partial charge on any atom is 0.161 e. The van der Waals surface area contributed by atoms with Gasteiger partial charge in [-0.25, -0.2) is 0 Å². The third-order valence-corrected chi connectivity index (χ3v) is 3.45. The van der Waals surface area contributed by atoms with Crippen LogP contribution in [-0.4, -0.2) is 18.5 Å². The van der Waals surface area contributed by atoms with Gasteiger partial charge in [0.15, 0.2) is 17.8 Å². The lowest BCUT2D eigenvalue weighted by Gasteiger charge is -2.10. The molecular formula is C14H10Cl2O3. The highest BCUT2D eigenvalue weighted by atomic mass is 35.5. The Morgan fingerprint density at radius 3 is 2.47 bits per heavy atom. The summed E-state index contributed by atoms with van der Waals surface area (Å²) in [6, 6.07) is 7.98. The number of phenols is 1. The van der Waals surface area contributed by atoms with Gasteiger partial charge in [-0.05, 0) is 35.4 Å². The fraction of sp³-hybridized carbons (Fsp3) is 0.0714. The van der Waals surface area contributed by atoms with E-state index in [-0.39, 0.29) is 11.5 Å². The van der Waals surface area contributed by atoms with Crippen LogP contribution in [0.3, 0.4) is 0 Å². The maximum absolute atomic E-state index is 11.1. The van der Waals surface area contributed by atoms with Gasteiger partial charge in [-0.1, -0.05) is 29.3 Å². The summed E-state index contributed by atoms with van der Waals surface area (Å²) in [5.41, 5.74) is 1.68. The lowest BCUT2D eigenvalue weighted by atomic mass is 9.99. The molecule has 0 unspecified atom stereocenters. The molecule has 0 amide bonds. The van der Waals surface area contributed by atoms with Gasteiger partial charge in [-0.2, -0.15) is 0 Å². The monoisotopic (exact) mass is 296 g/mol. The number of hydrogen-bond acceptors (Lipinski definition) is 3. The second-order valence-electron chi connectivity index (χ2n) is 3.86. The molecule has 1 N–H and O–H groups in total. The van der Waals surface area contributed by atoms with Crippen LogP contribution in [0.5, 0.6) is 11.5 Å². The molecule has 0 aliphatic heterocycles. The first-order valence-corrected chi connectivity index (χ1v) is 6.14. The molecule has 3 nitrogen and oxygen atoms in total. The minimum atomic E-state index is -0.0894. The Morgan fingerprint density at radius 1 is 1.16 bits per heavy atom. The van der Waals surface area contributed by atoms with Crippen molar-refractivity contribution in [2.75, 3.05) is 7.11 Å². The Bertz CT molecular complexity index is 639. The van der Waals surface area contributed by atoms with Crippen LogP contribution < -0.4 is 4.74 Å². The van der Waals surface area contributed by atoms with Crippen molar-refractivity contribution in [3.63, 3.8) is 0 Å². The number of carbonyl (C=O) groups excluding carboxylic acids is 1. The molecule has 0 aliphatic carbocycles. The number of ether oxygens (including phenoxy) is 1. The number of carbonyl (C=O) groups is 1. The van der Waals surface area contributed by atoms with Gasteiger partial charge in [0.25, 0.3) is 0 Å². The van der Waals surface area contributed by atoms with E-state index < -0.39 is 0 Å². The average Bonchev–Trinajstić information content (AvgIpc) is 2.41. The van der Waals surface area contributed by atoms with E-state index in [4.69, 9.17) is 27.9 Å². The number of aldehydes is 1. The first-order chi connectivity index (χ1) is 9.06. The van der Waals surface area contributed by atoms with Crippen molar-refractivity contribution < 1.29 is 14.6 Å². The van der Waals surface area contributed by atoms with Crippen LogP contribution in [0.25, 0.3) is 11.1 Å². The SMILES string of the molecule is COc1cc(-c2ccc(Cl)c(Cl)c2)c(C=O)cc1O. The Kier molecular flexibility index (Phi) is 3.98. The van der Waals surface area contributed by atoms with E-state index in [2.05, 4.69) is 0 Å². The van der Waals surface area contributed by atoms with E-state index >= 15 is 0 Å². The van der Waals surface area contributed by atoms with Gasteiger partial charge in [0.2, 0.25) is 0 Å². The highest BCUT2D eigenvalue weighted by Gasteiger charge is 2.12. The molecular weight excluding hydrogens is 287 g/mol. The van der Waals surface area contributed by atoms with Gasteiger partial charge in [0.1, 0.15) is 0 Å². The van der Waals surface area contributed by atoms with Gasteiger partial charge >= 0.3 is 0 Å².